The van der Waals surface area contributed by atoms with E-state index in [1.165, 1.54) is 0 Å². The first kappa shape index (κ1) is 15.5. The fraction of sp³-hybridized carbons (Fsp3) is 0.105. The first-order valence-corrected chi connectivity index (χ1v) is 8.79. The molecule has 0 aliphatic carbocycles. The van der Waals surface area contributed by atoms with Crippen LogP contribution in [-0.2, 0) is 6.42 Å². The molecule has 25 heavy (non-hydrogen) atoms. The van der Waals surface area contributed by atoms with Gasteiger partial charge in [-0.3, -0.25) is 0 Å². The van der Waals surface area contributed by atoms with Gasteiger partial charge in [-0.2, -0.15) is 0 Å². The summed E-state index contributed by atoms with van der Waals surface area (Å²) in [7, 11) is 0. The van der Waals surface area contributed by atoms with Gasteiger partial charge in [0.15, 0.2) is 0 Å². The number of hydrogen-bond donors (Lipinski definition) is 2. The minimum absolute atomic E-state index is 0.283. The molecular weight excluding hydrogens is 332 g/mol. The Hall–Kier alpha value is -2.99. The van der Waals surface area contributed by atoms with Crippen molar-refractivity contribution in [3.8, 4) is 16.3 Å². The number of thiazole rings is 1. The van der Waals surface area contributed by atoms with Crippen molar-refractivity contribution in [3.63, 3.8) is 0 Å². The number of benzene rings is 2. The van der Waals surface area contributed by atoms with Crippen molar-refractivity contribution in [1.82, 2.24) is 15.0 Å². The highest BCUT2D eigenvalue weighted by atomic mass is 32.1. The highest BCUT2D eigenvalue weighted by molar-refractivity contribution is 7.21. The molecule has 124 valence electrons. The smallest absolute Gasteiger partial charge is 0.222 e. The molecule has 0 amide bonds. The van der Waals surface area contributed by atoms with Crippen molar-refractivity contribution >= 4 is 27.5 Å². The van der Waals surface area contributed by atoms with E-state index in [1.54, 1.807) is 35.9 Å². The van der Waals surface area contributed by atoms with Gasteiger partial charge in [0.05, 0.1) is 10.2 Å². The normalized spacial score (nSPS) is 10.9. The van der Waals surface area contributed by atoms with E-state index < -0.39 is 0 Å². The lowest BCUT2D eigenvalue weighted by molar-refractivity contribution is 0.475. The van der Waals surface area contributed by atoms with Crippen LogP contribution in [0.15, 0.2) is 60.9 Å². The lowest BCUT2D eigenvalue weighted by Gasteiger charge is -2.05. The summed E-state index contributed by atoms with van der Waals surface area (Å²) in [4.78, 5) is 13.4. The average Bonchev–Trinajstić information content (AvgIpc) is 3.08. The third kappa shape index (κ3) is 3.59. The molecular formula is C19H16N4OS. The molecule has 4 rings (SSSR count). The van der Waals surface area contributed by atoms with E-state index in [9.17, 15) is 5.11 Å². The largest absolute Gasteiger partial charge is 0.508 e. The second-order valence-corrected chi connectivity index (χ2v) is 6.66. The van der Waals surface area contributed by atoms with E-state index in [1.807, 2.05) is 30.3 Å². The summed E-state index contributed by atoms with van der Waals surface area (Å²) < 4.78 is 1.16. The van der Waals surface area contributed by atoms with Gasteiger partial charge in [0.2, 0.25) is 5.95 Å². The van der Waals surface area contributed by atoms with Crippen LogP contribution in [0.25, 0.3) is 20.8 Å². The highest BCUT2D eigenvalue weighted by Crippen LogP contribution is 2.29. The van der Waals surface area contributed by atoms with Crippen molar-refractivity contribution < 1.29 is 5.11 Å². The monoisotopic (exact) mass is 348 g/mol. The fourth-order valence-electron chi connectivity index (χ4n) is 2.51. The summed E-state index contributed by atoms with van der Waals surface area (Å²) >= 11 is 1.64. The number of fused-ring (bicyclic) bond motifs is 1. The molecule has 0 saturated carbocycles. The molecule has 2 N–H and O–H groups in total. The van der Waals surface area contributed by atoms with Gasteiger partial charge >= 0.3 is 0 Å². The number of nitrogens with one attached hydrogen (secondary N) is 1. The molecule has 0 unspecified atom stereocenters. The second-order valence-electron chi connectivity index (χ2n) is 5.63. The van der Waals surface area contributed by atoms with Crippen LogP contribution < -0.4 is 5.32 Å². The number of phenols is 1. The molecule has 0 atom stereocenters. The molecule has 0 fully saturated rings. The van der Waals surface area contributed by atoms with Gasteiger partial charge in [-0.1, -0.05) is 24.3 Å². The molecule has 2 aromatic carbocycles. The molecule has 0 saturated heterocycles. The van der Waals surface area contributed by atoms with Crippen LogP contribution in [0.5, 0.6) is 5.75 Å². The van der Waals surface area contributed by atoms with E-state index in [0.717, 1.165) is 39.3 Å². The van der Waals surface area contributed by atoms with Crippen molar-refractivity contribution in [2.75, 3.05) is 11.9 Å². The van der Waals surface area contributed by atoms with Crippen LogP contribution in [0, 0.1) is 0 Å². The maximum absolute atomic E-state index is 9.29. The zero-order valence-electron chi connectivity index (χ0n) is 13.4. The molecule has 4 aromatic rings. The third-order valence-corrected chi connectivity index (χ3v) is 4.91. The molecule has 0 bridgehead atoms. The number of hydrogen-bond acceptors (Lipinski definition) is 6. The van der Waals surface area contributed by atoms with Gasteiger partial charge in [-0.05, 0) is 36.2 Å². The molecule has 2 heterocycles. The summed E-state index contributed by atoms with van der Waals surface area (Å²) in [5.41, 5.74) is 3.07. The van der Waals surface area contributed by atoms with Crippen LogP contribution in [0.1, 0.15) is 5.56 Å². The van der Waals surface area contributed by atoms with E-state index in [-0.39, 0.29) is 5.75 Å². The lowest BCUT2D eigenvalue weighted by Crippen LogP contribution is -2.07. The molecule has 0 radical (unpaired) electrons. The van der Waals surface area contributed by atoms with Gasteiger partial charge in [0.1, 0.15) is 10.8 Å². The van der Waals surface area contributed by atoms with Crippen LogP contribution in [0.2, 0.25) is 0 Å². The molecule has 0 aliphatic heterocycles. The number of phenolic OH excluding ortho intramolecular Hbond substituents is 1. The number of rotatable bonds is 5. The number of aromatic hydroxyl groups is 1. The highest BCUT2D eigenvalue weighted by Gasteiger charge is 2.07. The second kappa shape index (κ2) is 6.86. The number of para-hydroxylation sites is 1. The van der Waals surface area contributed by atoms with E-state index >= 15 is 0 Å². The fourth-order valence-corrected chi connectivity index (χ4v) is 3.45. The van der Waals surface area contributed by atoms with Crippen molar-refractivity contribution in [2.45, 2.75) is 6.42 Å². The van der Waals surface area contributed by atoms with Gasteiger partial charge in [0.25, 0.3) is 0 Å². The Labute approximate surface area is 149 Å². The Morgan fingerprint density at radius 3 is 2.48 bits per heavy atom. The Bertz CT molecular complexity index is 947. The quantitative estimate of drug-likeness (QED) is 0.568. The Balaban J connectivity index is 1.40. The van der Waals surface area contributed by atoms with Crippen LogP contribution in [0.4, 0.5) is 5.95 Å². The zero-order valence-corrected chi connectivity index (χ0v) is 14.2. The Morgan fingerprint density at radius 2 is 1.72 bits per heavy atom. The minimum Gasteiger partial charge on any atom is -0.508 e. The van der Waals surface area contributed by atoms with Crippen LogP contribution in [0.3, 0.4) is 0 Å². The average molecular weight is 348 g/mol. The van der Waals surface area contributed by atoms with Gasteiger partial charge in [-0.25, -0.2) is 15.0 Å². The van der Waals surface area contributed by atoms with Crippen molar-refractivity contribution in [3.05, 3.63) is 66.5 Å². The van der Waals surface area contributed by atoms with E-state index in [0.29, 0.717) is 5.95 Å². The number of nitrogens with zero attached hydrogens (tertiary/aromatic N) is 3. The summed E-state index contributed by atoms with van der Waals surface area (Å²) in [6, 6.07) is 15.3. The number of aromatic nitrogens is 3. The van der Waals surface area contributed by atoms with Crippen molar-refractivity contribution in [2.24, 2.45) is 0 Å². The summed E-state index contributed by atoms with van der Waals surface area (Å²) in [5.74, 6) is 0.883. The summed E-state index contributed by atoms with van der Waals surface area (Å²) in [6.07, 6.45) is 4.43. The van der Waals surface area contributed by atoms with Crippen LogP contribution in [-0.4, -0.2) is 26.6 Å². The van der Waals surface area contributed by atoms with Crippen molar-refractivity contribution in [1.29, 1.82) is 0 Å². The summed E-state index contributed by atoms with van der Waals surface area (Å²) in [6.45, 7) is 0.727. The third-order valence-electron chi connectivity index (χ3n) is 3.83. The summed E-state index contributed by atoms with van der Waals surface area (Å²) in [5, 5.41) is 13.4. The minimum atomic E-state index is 0.283. The SMILES string of the molecule is Oc1ccc(CCNc2ncc(-c3nc4ccccc4s3)cn2)cc1. The molecule has 0 spiro atoms. The zero-order chi connectivity index (χ0) is 17.1. The molecule has 0 aliphatic rings. The molecule has 5 nitrogen and oxygen atoms in total. The van der Waals surface area contributed by atoms with E-state index in [2.05, 4.69) is 26.3 Å². The maximum atomic E-state index is 9.29. The maximum Gasteiger partial charge on any atom is 0.222 e. The predicted octanol–water partition coefficient (Wildman–Crippen LogP) is 4.11. The Kier molecular flexibility index (Phi) is 4.26. The van der Waals surface area contributed by atoms with Gasteiger partial charge in [0, 0.05) is 24.5 Å². The molecule has 6 heteroatoms. The van der Waals surface area contributed by atoms with Gasteiger partial charge in [-0.15, -0.1) is 11.3 Å². The first-order valence-electron chi connectivity index (χ1n) is 7.98. The van der Waals surface area contributed by atoms with E-state index in [4.69, 9.17) is 0 Å². The lowest BCUT2D eigenvalue weighted by atomic mass is 10.1. The topological polar surface area (TPSA) is 70.9 Å². The Morgan fingerprint density at radius 1 is 0.960 bits per heavy atom. The number of anilines is 1. The van der Waals surface area contributed by atoms with Crippen LogP contribution >= 0.6 is 11.3 Å². The molecule has 2 aromatic heterocycles. The predicted molar refractivity (Wildman–Crippen MR) is 101 cm³/mol. The first-order chi connectivity index (χ1) is 12.3. The van der Waals surface area contributed by atoms with Gasteiger partial charge < -0.3 is 10.4 Å². The standard InChI is InChI=1S/C19H16N4OS/c24-15-7-5-13(6-8-15)9-10-20-19-21-11-14(12-22-19)18-23-16-3-1-2-4-17(16)25-18/h1-8,11-12,24H,9-10H2,(H,20,21,22).